The zero-order chi connectivity index (χ0) is 21.5. The van der Waals surface area contributed by atoms with Crippen molar-refractivity contribution in [1.29, 1.82) is 0 Å². The summed E-state index contributed by atoms with van der Waals surface area (Å²) in [5, 5.41) is 6.54. The monoisotopic (exact) mass is 440 g/mol. The SMILES string of the molecule is O=C(c1cccs1)N(Cc1cccc(-c2ccc3ncnc(NC4CC4)c3c2)c1)C1CC1. The first-order chi connectivity index (χ1) is 15.7. The van der Waals surface area contributed by atoms with Crippen molar-refractivity contribution < 1.29 is 4.79 Å². The van der Waals surface area contributed by atoms with Gasteiger partial charge in [0.2, 0.25) is 0 Å². The van der Waals surface area contributed by atoms with Gasteiger partial charge in [0, 0.05) is 24.0 Å². The molecule has 0 bridgehead atoms. The summed E-state index contributed by atoms with van der Waals surface area (Å²) in [6.45, 7) is 0.639. The van der Waals surface area contributed by atoms with Crippen molar-refractivity contribution in [2.24, 2.45) is 0 Å². The third-order valence-corrected chi connectivity index (χ3v) is 7.01. The fourth-order valence-corrected chi connectivity index (χ4v) is 4.79. The molecule has 0 aliphatic heterocycles. The Morgan fingerprint density at radius 2 is 1.88 bits per heavy atom. The zero-order valence-corrected chi connectivity index (χ0v) is 18.5. The number of fused-ring (bicyclic) bond motifs is 1. The molecular weight excluding hydrogens is 416 g/mol. The quantitative estimate of drug-likeness (QED) is 0.398. The van der Waals surface area contributed by atoms with Crippen molar-refractivity contribution >= 4 is 34.0 Å². The summed E-state index contributed by atoms with van der Waals surface area (Å²) >= 11 is 1.52. The Bertz CT molecular complexity index is 1280. The van der Waals surface area contributed by atoms with Crippen LogP contribution in [0.5, 0.6) is 0 Å². The van der Waals surface area contributed by atoms with Crippen molar-refractivity contribution in [2.45, 2.75) is 44.3 Å². The largest absolute Gasteiger partial charge is 0.367 e. The molecule has 4 aromatic rings. The van der Waals surface area contributed by atoms with Crippen LogP contribution >= 0.6 is 11.3 Å². The van der Waals surface area contributed by atoms with Crippen LogP contribution in [-0.2, 0) is 6.54 Å². The molecule has 0 saturated heterocycles. The molecule has 2 aliphatic carbocycles. The average Bonchev–Trinajstić information content (AvgIpc) is 3.77. The first-order valence-corrected chi connectivity index (χ1v) is 12.1. The molecule has 6 heteroatoms. The molecule has 0 unspecified atom stereocenters. The third kappa shape index (κ3) is 3.98. The molecule has 1 amide bonds. The highest BCUT2D eigenvalue weighted by atomic mass is 32.1. The molecule has 0 radical (unpaired) electrons. The predicted octanol–water partition coefficient (Wildman–Crippen LogP) is 5.74. The Kier molecular flexibility index (Phi) is 4.87. The van der Waals surface area contributed by atoms with Crippen LogP contribution in [0.1, 0.15) is 40.9 Å². The highest BCUT2D eigenvalue weighted by molar-refractivity contribution is 7.12. The molecule has 0 atom stereocenters. The molecule has 32 heavy (non-hydrogen) atoms. The zero-order valence-electron chi connectivity index (χ0n) is 17.7. The van der Waals surface area contributed by atoms with E-state index in [1.165, 1.54) is 24.2 Å². The number of rotatable bonds is 7. The minimum atomic E-state index is 0.145. The summed E-state index contributed by atoms with van der Waals surface area (Å²) in [6.07, 6.45) is 6.23. The number of anilines is 1. The van der Waals surface area contributed by atoms with E-state index in [4.69, 9.17) is 0 Å². The van der Waals surface area contributed by atoms with Crippen LogP contribution in [0.2, 0.25) is 0 Å². The lowest BCUT2D eigenvalue weighted by molar-refractivity contribution is 0.0735. The summed E-state index contributed by atoms with van der Waals surface area (Å²) in [5.41, 5.74) is 4.38. The number of amides is 1. The van der Waals surface area contributed by atoms with Crippen LogP contribution in [-0.4, -0.2) is 32.9 Å². The van der Waals surface area contributed by atoms with E-state index in [-0.39, 0.29) is 5.91 Å². The van der Waals surface area contributed by atoms with E-state index in [9.17, 15) is 4.79 Å². The number of hydrogen-bond donors (Lipinski definition) is 1. The highest BCUT2D eigenvalue weighted by Gasteiger charge is 2.33. The van der Waals surface area contributed by atoms with Crippen molar-refractivity contribution in [2.75, 3.05) is 5.32 Å². The van der Waals surface area contributed by atoms with Gasteiger partial charge in [0.25, 0.3) is 5.91 Å². The van der Waals surface area contributed by atoms with Gasteiger partial charge in [-0.25, -0.2) is 9.97 Å². The van der Waals surface area contributed by atoms with E-state index < -0.39 is 0 Å². The first kappa shape index (κ1) is 19.4. The second-order valence-electron chi connectivity index (χ2n) is 8.71. The predicted molar refractivity (Wildman–Crippen MR) is 129 cm³/mol. The van der Waals surface area contributed by atoms with Gasteiger partial charge in [0.15, 0.2) is 0 Å². The van der Waals surface area contributed by atoms with Crippen LogP contribution in [0.3, 0.4) is 0 Å². The van der Waals surface area contributed by atoms with Gasteiger partial charge in [0.1, 0.15) is 12.1 Å². The third-order valence-electron chi connectivity index (χ3n) is 6.15. The Balaban J connectivity index is 1.30. The molecule has 2 aromatic heterocycles. The van der Waals surface area contributed by atoms with E-state index in [0.29, 0.717) is 18.6 Å². The fourth-order valence-electron chi connectivity index (χ4n) is 4.11. The minimum Gasteiger partial charge on any atom is -0.367 e. The number of nitrogens with zero attached hydrogens (tertiary/aromatic N) is 3. The Morgan fingerprint density at radius 3 is 2.66 bits per heavy atom. The van der Waals surface area contributed by atoms with Crippen molar-refractivity contribution in [1.82, 2.24) is 14.9 Å². The van der Waals surface area contributed by atoms with E-state index in [0.717, 1.165) is 51.1 Å². The number of carbonyl (C=O) groups is 1. The van der Waals surface area contributed by atoms with Crippen molar-refractivity contribution in [3.8, 4) is 11.1 Å². The van der Waals surface area contributed by atoms with Crippen LogP contribution in [0.4, 0.5) is 5.82 Å². The van der Waals surface area contributed by atoms with E-state index in [1.54, 1.807) is 6.33 Å². The molecule has 2 aromatic carbocycles. The topological polar surface area (TPSA) is 58.1 Å². The number of benzene rings is 2. The van der Waals surface area contributed by atoms with Gasteiger partial charge in [-0.3, -0.25) is 4.79 Å². The number of hydrogen-bond acceptors (Lipinski definition) is 5. The summed E-state index contributed by atoms with van der Waals surface area (Å²) in [6, 6.07) is 19.7. The molecule has 5 nitrogen and oxygen atoms in total. The average molecular weight is 441 g/mol. The normalized spacial score (nSPS) is 15.6. The summed E-state index contributed by atoms with van der Waals surface area (Å²) in [5.74, 6) is 1.06. The number of nitrogens with one attached hydrogen (secondary N) is 1. The molecule has 160 valence electrons. The maximum absolute atomic E-state index is 13.0. The minimum absolute atomic E-state index is 0.145. The molecule has 2 saturated carbocycles. The van der Waals surface area contributed by atoms with E-state index in [2.05, 4.69) is 57.7 Å². The molecule has 6 rings (SSSR count). The van der Waals surface area contributed by atoms with Gasteiger partial charge in [-0.1, -0.05) is 30.3 Å². The van der Waals surface area contributed by atoms with Crippen LogP contribution in [0.15, 0.2) is 66.3 Å². The second kappa shape index (κ2) is 8.02. The van der Waals surface area contributed by atoms with Crippen LogP contribution in [0.25, 0.3) is 22.0 Å². The number of carbonyl (C=O) groups excluding carboxylic acids is 1. The molecule has 1 N–H and O–H groups in total. The molecule has 0 spiro atoms. The van der Waals surface area contributed by atoms with Gasteiger partial charge in [0.05, 0.1) is 10.4 Å². The van der Waals surface area contributed by atoms with Crippen LogP contribution in [0, 0.1) is 0 Å². The second-order valence-corrected chi connectivity index (χ2v) is 9.66. The lowest BCUT2D eigenvalue weighted by Gasteiger charge is -2.22. The first-order valence-electron chi connectivity index (χ1n) is 11.2. The van der Waals surface area contributed by atoms with Gasteiger partial charge in [-0.15, -0.1) is 11.3 Å². The molecule has 2 fully saturated rings. The smallest absolute Gasteiger partial charge is 0.264 e. The maximum Gasteiger partial charge on any atom is 0.264 e. The van der Waals surface area contributed by atoms with E-state index in [1.807, 2.05) is 22.4 Å². The van der Waals surface area contributed by atoms with Crippen molar-refractivity contribution in [3.63, 3.8) is 0 Å². The van der Waals surface area contributed by atoms with Gasteiger partial charge < -0.3 is 10.2 Å². The van der Waals surface area contributed by atoms with Gasteiger partial charge >= 0.3 is 0 Å². The maximum atomic E-state index is 13.0. The van der Waals surface area contributed by atoms with Crippen LogP contribution < -0.4 is 5.32 Å². The summed E-state index contributed by atoms with van der Waals surface area (Å²) < 4.78 is 0. The Morgan fingerprint density at radius 1 is 1.00 bits per heavy atom. The molecular formula is C26H24N4OS. The Labute approximate surface area is 191 Å². The lowest BCUT2D eigenvalue weighted by Crippen LogP contribution is -2.32. The number of aromatic nitrogens is 2. The summed E-state index contributed by atoms with van der Waals surface area (Å²) in [4.78, 5) is 24.8. The fraction of sp³-hybridized carbons (Fsp3) is 0.269. The standard InChI is InChI=1S/C26H24N4OS/c31-26(24-5-2-12-32-24)30(21-9-10-21)15-17-3-1-4-18(13-17)19-6-11-23-22(14-19)25(28-16-27-23)29-20-7-8-20/h1-6,11-14,16,20-21H,7-10,15H2,(H,27,28,29). The lowest BCUT2D eigenvalue weighted by atomic mass is 10.0. The van der Waals surface area contributed by atoms with E-state index >= 15 is 0 Å². The number of thiophene rings is 1. The summed E-state index contributed by atoms with van der Waals surface area (Å²) in [7, 11) is 0. The van der Waals surface area contributed by atoms with Gasteiger partial charge in [-0.05, 0) is 72.0 Å². The molecule has 2 heterocycles. The highest BCUT2D eigenvalue weighted by Crippen LogP contribution is 2.33. The van der Waals surface area contributed by atoms with Gasteiger partial charge in [-0.2, -0.15) is 0 Å². The van der Waals surface area contributed by atoms with Crippen molar-refractivity contribution in [3.05, 3.63) is 76.7 Å². The Hall–Kier alpha value is -3.25. The molecule has 2 aliphatic rings.